The highest BCUT2D eigenvalue weighted by molar-refractivity contribution is 6.10. The van der Waals surface area contributed by atoms with E-state index in [2.05, 4.69) is 10.6 Å². The van der Waals surface area contributed by atoms with E-state index < -0.39 is 17.8 Å². The maximum absolute atomic E-state index is 12.7. The monoisotopic (exact) mass is 399 g/mol. The summed E-state index contributed by atoms with van der Waals surface area (Å²) >= 11 is 0. The number of para-hydroxylation sites is 1. The van der Waals surface area contributed by atoms with Crippen molar-refractivity contribution in [3.8, 4) is 6.07 Å². The van der Waals surface area contributed by atoms with Crippen LogP contribution in [0, 0.1) is 11.3 Å². The van der Waals surface area contributed by atoms with Gasteiger partial charge in [0.05, 0.1) is 30.0 Å². The molecule has 148 valence electrons. The highest BCUT2D eigenvalue weighted by atomic mass is 16.5. The molecule has 0 saturated carbocycles. The van der Waals surface area contributed by atoms with Gasteiger partial charge in [0.2, 0.25) is 0 Å². The zero-order valence-corrected chi connectivity index (χ0v) is 16.0. The van der Waals surface area contributed by atoms with Gasteiger partial charge in [0, 0.05) is 16.8 Å². The number of nitrogens with one attached hydrogen (secondary N) is 2. The molecule has 3 rings (SSSR count). The number of rotatable bonds is 5. The van der Waals surface area contributed by atoms with E-state index in [-0.39, 0.29) is 16.7 Å². The average molecular weight is 399 g/mol. The van der Waals surface area contributed by atoms with Crippen LogP contribution >= 0.6 is 0 Å². The molecule has 0 aromatic heterocycles. The summed E-state index contributed by atoms with van der Waals surface area (Å²) in [5.74, 6) is -1.47. The average Bonchev–Trinajstić information content (AvgIpc) is 2.79. The first-order valence-electron chi connectivity index (χ1n) is 8.92. The molecule has 3 aromatic rings. The number of hydrogen-bond acceptors (Lipinski definition) is 5. The van der Waals surface area contributed by atoms with Crippen LogP contribution in [0.15, 0.2) is 72.8 Å². The molecule has 0 unspecified atom stereocenters. The summed E-state index contributed by atoms with van der Waals surface area (Å²) in [4.78, 5) is 37.1. The van der Waals surface area contributed by atoms with Gasteiger partial charge in [-0.25, -0.2) is 4.79 Å². The van der Waals surface area contributed by atoms with Gasteiger partial charge in [-0.05, 0) is 48.5 Å². The molecule has 0 aliphatic heterocycles. The van der Waals surface area contributed by atoms with Crippen LogP contribution in [0.25, 0.3) is 0 Å². The van der Waals surface area contributed by atoms with Gasteiger partial charge in [-0.1, -0.05) is 24.3 Å². The van der Waals surface area contributed by atoms with Gasteiger partial charge in [-0.15, -0.1) is 0 Å². The number of ether oxygens (including phenoxy) is 1. The lowest BCUT2D eigenvalue weighted by Gasteiger charge is -2.10. The summed E-state index contributed by atoms with van der Waals surface area (Å²) < 4.78 is 4.72. The number of amides is 2. The second-order valence-electron chi connectivity index (χ2n) is 6.22. The normalized spacial score (nSPS) is 9.87. The molecule has 2 N–H and O–H groups in total. The fraction of sp³-hybridized carbons (Fsp3) is 0.0435. The summed E-state index contributed by atoms with van der Waals surface area (Å²) in [5.41, 5.74) is 1.93. The summed E-state index contributed by atoms with van der Waals surface area (Å²) in [7, 11) is 1.26. The molecule has 0 fully saturated rings. The quantitative estimate of drug-likeness (QED) is 0.634. The van der Waals surface area contributed by atoms with Crippen molar-refractivity contribution >= 4 is 29.2 Å². The van der Waals surface area contributed by atoms with Crippen molar-refractivity contribution in [2.24, 2.45) is 0 Å². The lowest BCUT2D eigenvalue weighted by molar-refractivity contribution is 0.0601. The summed E-state index contributed by atoms with van der Waals surface area (Å²) in [6.45, 7) is 0. The molecule has 0 atom stereocenters. The Balaban J connectivity index is 1.78. The Morgan fingerprint density at radius 3 is 2.20 bits per heavy atom. The molecular formula is C23H17N3O4. The maximum Gasteiger partial charge on any atom is 0.339 e. The topological polar surface area (TPSA) is 108 Å². The van der Waals surface area contributed by atoms with Gasteiger partial charge in [0.1, 0.15) is 0 Å². The van der Waals surface area contributed by atoms with Crippen LogP contribution in [0.4, 0.5) is 11.4 Å². The number of anilines is 2. The Kier molecular flexibility index (Phi) is 6.20. The smallest absolute Gasteiger partial charge is 0.339 e. The number of nitriles is 1. The highest BCUT2D eigenvalue weighted by Crippen LogP contribution is 2.18. The van der Waals surface area contributed by atoms with E-state index in [0.717, 1.165) is 0 Å². The van der Waals surface area contributed by atoms with E-state index in [1.165, 1.54) is 13.2 Å². The highest BCUT2D eigenvalue weighted by Gasteiger charge is 2.15. The Morgan fingerprint density at radius 2 is 1.50 bits per heavy atom. The van der Waals surface area contributed by atoms with Crippen LogP contribution in [0.5, 0.6) is 0 Å². The molecular weight excluding hydrogens is 382 g/mol. The minimum absolute atomic E-state index is 0.222. The van der Waals surface area contributed by atoms with Gasteiger partial charge in [0.15, 0.2) is 0 Å². The Hall–Kier alpha value is -4.44. The summed E-state index contributed by atoms with van der Waals surface area (Å²) in [6, 6.07) is 21.2. The standard InChI is InChI=1S/C23H17N3O4/c1-30-23(29)19-10-2-3-11-20(19)26-22(28)17-8-5-7-16(13-17)21(27)25-18-9-4-6-15(12-18)14-24/h2-13H,1H3,(H,25,27)(H,26,28). The van der Waals surface area contributed by atoms with Crippen molar-refractivity contribution in [1.82, 2.24) is 0 Å². The molecule has 0 spiro atoms. The van der Waals surface area contributed by atoms with Gasteiger partial charge >= 0.3 is 5.97 Å². The molecule has 3 aromatic carbocycles. The van der Waals surface area contributed by atoms with Gasteiger partial charge in [-0.2, -0.15) is 5.26 Å². The van der Waals surface area contributed by atoms with Gasteiger partial charge < -0.3 is 15.4 Å². The Labute approximate surface area is 172 Å². The number of nitrogens with zero attached hydrogens (tertiary/aromatic N) is 1. The van der Waals surface area contributed by atoms with Crippen LogP contribution in [0.3, 0.4) is 0 Å². The summed E-state index contributed by atoms with van der Waals surface area (Å²) in [5, 5.41) is 14.3. The van der Waals surface area contributed by atoms with E-state index >= 15 is 0 Å². The van der Waals surface area contributed by atoms with E-state index in [9.17, 15) is 14.4 Å². The first kappa shape index (κ1) is 20.3. The van der Waals surface area contributed by atoms with Crippen molar-refractivity contribution < 1.29 is 19.1 Å². The molecule has 7 nitrogen and oxygen atoms in total. The number of hydrogen-bond donors (Lipinski definition) is 2. The third kappa shape index (κ3) is 4.69. The molecule has 0 bridgehead atoms. The Bertz CT molecular complexity index is 1160. The second kappa shape index (κ2) is 9.17. The number of methoxy groups -OCH3 is 1. The van der Waals surface area contributed by atoms with Crippen molar-refractivity contribution in [2.45, 2.75) is 0 Å². The van der Waals surface area contributed by atoms with Crippen LogP contribution in [0.1, 0.15) is 36.6 Å². The van der Waals surface area contributed by atoms with Crippen molar-refractivity contribution in [2.75, 3.05) is 17.7 Å². The second-order valence-corrected chi connectivity index (χ2v) is 6.22. The lowest BCUT2D eigenvalue weighted by atomic mass is 10.1. The molecule has 30 heavy (non-hydrogen) atoms. The third-order valence-electron chi connectivity index (χ3n) is 4.22. The number of carbonyl (C=O) groups is 3. The van der Waals surface area contributed by atoms with Crippen molar-refractivity contribution in [1.29, 1.82) is 5.26 Å². The summed E-state index contributed by atoms with van der Waals surface area (Å²) in [6.07, 6.45) is 0. The first-order valence-corrected chi connectivity index (χ1v) is 8.92. The first-order chi connectivity index (χ1) is 14.5. The van der Waals surface area contributed by atoms with Crippen LogP contribution < -0.4 is 10.6 Å². The number of carbonyl (C=O) groups excluding carboxylic acids is 3. The number of esters is 1. The predicted octanol–water partition coefficient (Wildman–Crippen LogP) is 3.85. The van der Waals surface area contributed by atoms with E-state index in [1.807, 2.05) is 6.07 Å². The van der Waals surface area contributed by atoms with E-state index in [1.54, 1.807) is 66.7 Å². The van der Waals surface area contributed by atoms with Crippen molar-refractivity contribution in [3.63, 3.8) is 0 Å². The molecule has 0 radical (unpaired) electrons. The fourth-order valence-corrected chi connectivity index (χ4v) is 2.75. The third-order valence-corrected chi connectivity index (χ3v) is 4.22. The SMILES string of the molecule is COC(=O)c1ccccc1NC(=O)c1cccc(C(=O)Nc2cccc(C#N)c2)c1. The lowest BCUT2D eigenvalue weighted by Crippen LogP contribution is -2.17. The zero-order chi connectivity index (χ0) is 21.5. The Morgan fingerprint density at radius 1 is 0.833 bits per heavy atom. The fourth-order valence-electron chi connectivity index (χ4n) is 2.75. The van der Waals surface area contributed by atoms with E-state index in [0.29, 0.717) is 16.9 Å². The van der Waals surface area contributed by atoms with Crippen LogP contribution in [0.2, 0.25) is 0 Å². The minimum atomic E-state index is -0.571. The molecule has 0 saturated heterocycles. The number of benzene rings is 3. The van der Waals surface area contributed by atoms with Crippen LogP contribution in [-0.4, -0.2) is 24.9 Å². The van der Waals surface area contributed by atoms with Crippen LogP contribution in [-0.2, 0) is 4.74 Å². The molecule has 0 heterocycles. The largest absolute Gasteiger partial charge is 0.465 e. The minimum Gasteiger partial charge on any atom is -0.465 e. The molecule has 0 aliphatic rings. The molecule has 2 amide bonds. The predicted molar refractivity (Wildman–Crippen MR) is 111 cm³/mol. The molecule has 0 aliphatic carbocycles. The van der Waals surface area contributed by atoms with E-state index in [4.69, 9.17) is 10.00 Å². The van der Waals surface area contributed by atoms with Crippen molar-refractivity contribution in [3.05, 3.63) is 95.1 Å². The molecule has 7 heteroatoms. The zero-order valence-electron chi connectivity index (χ0n) is 16.0. The maximum atomic E-state index is 12.7. The van der Waals surface area contributed by atoms with Gasteiger partial charge in [-0.3, -0.25) is 9.59 Å². The van der Waals surface area contributed by atoms with Gasteiger partial charge in [0.25, 0.3) is 11.8 Å².